The van der Waals surface area contributed by atoms with Crippen molar-refractivity contribution in [1.29, 1.82) is 0 Å². The van der Waals surface area contributed by atoms with Crippen LogP contribution < -0.4 is 10.1 Å². The molecule has 0 atom stereocenters. The molecule has 1 amide bonds. The van der Waals surface area contributed by atoms with Crippen molar-refractivity contribution in [3.8, 4) is 5.75 Å². The first-order chi connectivity index (χ1) is 9.01. The first-order valence-electron chi connectivity index (χ1n) is 5.91. The van der Waals surface area contributed by atoms with Gasteiger partial charge in [-0.25, -0.2) is 4.98 Å². The van der Waals surface area contributed by atoms with Crippen molar-refractivity contribution in [2.24, 2.45) is 0 Å². The number of carbonyl (C=O) groups is 1. The van der Waals surface area contributed by atoms with Crippen molar-refractivity contribution >= 4 is 22.4 Å². The normalized spacial score (nSPS) is 10.3. The fourth-order valence-electron chi connectivity index (χ4n) is 1.71. The molecule has 1 heterocycles. The molecule has 19 heavy (non-hydrogen) atoms. The van der Waals surface area contributed by atoms with Gasteiger partial charge >= 0.3 is 0 Å². The van der Waals surface area contributed by atoms with Gasteiger partial charge in [0, 0.05) is 10.4 Å². The van der Waals surface area contributed by atoms with Gasteiger partial charge in [-0.1, -0.05) is 0 Å². The van der Waals surface area contributed by atoms with Gasteiger partial charge in [0.05, 0.1) is 12.8 Å². The lowest BCUT2D eigenvalue weighted by Crippen LogP contribution is -2.13. The third-order valence-corrected chi connectivity index (χ3v) is 3.92. The maximum absolute atomic E-state index is 12.2. The summed E-state index contributed by atoms with van der Waals surface area (Å²) in [5.41, 5.74) is 2.46. The topological polar surface area (TPSA) is 51.2 Å². The highest BCUT2D eigenvalue weighted by molar-refractivity contribution is 7.15. The summed E-state index contributed by atoms with van der Waals surface area (Å²) >= 11 is 1.48. The number of aryl methyl sites for hydroxylation is 3. The lowest BCUT2D eigenvalue weighted by atomic mass is 10.1. The van der Waals surface area contributed by atoms with Gasteiger partial charge in [0.1, 0.15) is 5.75 Å². The molecule has 2 aromatic rings. The average Bonchev–Trinajstić information content (AvgIpc) is 2.67. The second-order valence-electron chi connectivity index (χ2n) is 4.30. The Labute approximate surface area is 116 Å². The summed E-state index contributed by atoms with van der Waals surface area (Å²) in [5.74, 6) is 0.601. The van der Waals surface area contributed by atoms with Gasteiger partial charge in [-0.05, 0) is 44.5 Å². The molecule has 0 aliphatic carbocycles. The number of thiazole rings is 1. The largest absolute Gasteiger partial charge is 0.497 e. The molecule has 5 heteroatoms. The maximum atomic E-state index is 12.2. The van der Waals surface area contributed by atoms with E-state index in [0.29, 0.717) is 10.7 Å². The van der Waals surface area contributed by atoms with Crippen molar-refractivity contribution < 1.29 is 9.53 Å². The second kappa shape index (κ2) is 5.40. The highest BCUT2D eigenvalue weighted by Gasteiger charge is 2.12. The highest BCUT2D eigenvalue weighted by Crippen LogP contribution is 2.23. The minimum Gasteiger partial charge on any atom is -0.497 e. The van der Waals surface area contributed by atoms with E-state index in [-0.39, 0.29) is 5.91 Å². The second-order valence-corrected chi connectivity index (χ2v) is 5.50. The van der Waals surface area contributed by atoms with Gasteiger partial charge < -0.3 is 4.74 Å². The van der Waals surface area contributed by atoms with Gasteiger partial charge in [0.25, 0.3) is 5.91 Å². The zero-order valence-corrected chi connectivity index (χ0v) is 12.2. The quantitative estimate of drug-likeness (QED) is 0.935. The molecule has 0 bridgehead atoms. The number of methoxy groups -OCH3 is 1. The molecule has 0 radical (unpaired) electrons. The Morgan fingerprint density at radius 2 is 2.05 bits per heavy atom. The predicted molar refractivity (Wildman–Crippen MR) is 77.3 cm³/mol. The van der Waals surface area contributed by atoms with Crippen LogP contribution in [-0.2, 0) is 0 Å². The van der Waals surface area contributed by atoms with E-state index < -0.39 is 0 Å². The number of ether oxygens (including phenoxy) is 1. The number of nitrogens with zero attached hydrogens (tertiary/aromatic N) is 1. The maximum Gasteiger partial charge on any atom is 0.257 e. The van der Waals surface area contributed by atoms with E-state index in [9.17, 15) is 4.79 Å². The smallest absolute Gasteiger partial charge is 0.257 e. The SMILES string of the molecule is COc1ccc(C(=O)Nc2nc(C)c(C)s2)c(C)c1. The molecule has 0 spiro atoms. The Kier molecular flexibility index (Phi) is 3.85. The summed E-state index contributed by atoms with van der Waals surface area (Å²) < 4.78 is 5.13. The van der Waals surface area contributed by atoms with E-state index in [1.165, 1.54) is 11.3 Å². The number of anilines is 1. The summed E-state index contributed by atoms with van der Waals surface area (Å²) in [6.45, 7) is 5.80. The van der Waals surface area contributed by atoms with Crippen LogP contribution >= 0.6 is 11.3 Å². The zero-order chi connectivity index (χ0) is 14.0. The van der Waals surface area contributed by atoms with Crippen LogP contribution in [-0.4, -0.2) is 18.0 Å². The Bertz CT molecular complexity index is 600. The molecular formula is C14H16N2O2S. The molecule has 4 nitrogen and oxygen atoms in total. The number of carbonyl (C=O) groups excluding carboxylic acids is 1. The molecule has 1 aromatic carbocycles. The number of aromatic nitrogens is 1. The molecule has 0 unspecified atom stereocenters. The predicted octanol–water partition coefficient (Wildman–Crippen LogP) is 3.33. The van der Waals surface area contributed by atoms with E-state index in [4.69, 9.17) is 4.74 Å². The van der Waals surface area contributed by atoms with Gasteiger partial charge in [-0.15, -0.1) is 11.3 Å². The lowest BCUT2D eigenvalue weighted by molar-refractivity contribution is 0.102. The number of hydrogen-bond donors (Lipinski definition) is 1. The first kappa shape index (κ1) is 13.5. The van der Waals surface area contributed by atoms with Crippen molar-refractivity contribution in [3.63, 3.8) is 0 Å². The van der Waals surface area contributed by atoms with Crippen LogP contribution in [0.4, 0.5) is 5.13 Å². The van der Waals surface area contributed by atoms with E-state index in [2.05, 4.69) is 10.3 Å². The van der Waals surface area contributed by atoms with Gasteiger partial charge in [0.2, 0.25) is 0 Å². The molecule has 0 saturated carbocycles. The molecule has 100 valence electrons. The summed E-state index contributed by atoms with van der Waals surface area (Å²) in [6, 6.07) is 5.38. The molecular weight excluding hydrogens is 260 g/mol. The fraction of sp³-hybridized carbons (Fsp3) is 0.286. The number of rotatable bonds is 3. The number of benzene rings is 1. The fourth-order valence-corrected chi connectivity index (χ4v) is 2.52. The summed E-state index contributed by atoms with van der Waals surface area (Å²) in [5, 5.41) is 3.46. The Hall–Kier alpha value is -1.88. The summed E-state index contributed by atoms with van der Waals surface area (Å²) in [4.78, 5) is 17.6. The van der Waals surface area contributed by atoms with Crippen molar-refractivity contribution in [3.05, 3.63) is 39.9 Å². The zero-order valence-electron chi connectivity index (χ0n) is 11.4. The molecule has 1 N–H and O–H groups in total. The summed E-state index contributed by atoms with van der Waals surface area (Å²) in [6.07, 6.45) is 0. The van der Waals surface area contributed by atoms with E-state index in [0.717, 1.165) is 21.9 Å². The van der Waals surface area contributed by atoms with E-state index in [1.807, 2.05) is 26.8 Å². The van der Waals surface area contributed by atoms with Crippen LogP contribution in [0.2, 0.25) is 0 Å². The van der Waals surface area contributed by atoms with Gasteiger partial charge in [-0.2, -0.15) is 0 Å². The number of nitrogens with one attached hydrogen (secondary N) is 1. The number of amides is 1. The molecule has 2 rings (SSSR count). The summed E-state index contributed by atoms with van der Waals surface area (Å²) in [7, 11) is 1.61. The monoisotopic (exact) mass is 276 g/mol. The van der Waals surface area contributed by atoms with Crippen LogP contribution in [0.5, 0.6) is 5.75 Å². The number of hydrogen-bond acceptors (Lipinski definition) is 4. The van der Waals surface area contributed by atoms with Crippen LogP contribution in [0.3, 0.4) is 0 Å². The minimum absolute atomic E-state index is 0.145. The van der Waals surface area contributed by atoms with E-state index in [1.54, 1.807) is 19.2 Å². The first-order valence-corrected chi connectivity index (χ1v) is 6.73. The Morgan fingerprint density at radius 3 is 2.58 bits per heavy atom. The van der Waals surface area contributed by atoms with Crippen LogP contribution in [0, 0.1) is 20.8 Å². The van der Waals surface area contributed by atoms with E-state index >= 15 is 0 Å². The van der Waals surface area contributed by atoms with Gasteiger partial charge in [-0.3, -0.25) is 10.1 Å². The van der Waals surface area contributed by atoms with Gasteiger partial charge in [0.15, 0.2) is 5.13 Å². The lowest BCUT2D eigenvalue weighted by Gasteiger charge is -2.07. The molecule has 0 fully saturated rings. The van der Waals surface area contributed by atoms with Crippen molar-refractivity contribution in [1.82, 2.24) is 4.98 Å². The average molecular weight is 276 g/mol. The van der Waals surface area contributed by atoms with Crippen molar-refractivity contribution in [2.75, 3.05) is 12.4 Å². The Morgan fingerprint density at radius 1 is 1.32 bits per heavy atom. The molecule has 1 aromatic heterocycles. The standard InChI is InChI=1S/C14H16N2O2S/c1-8-7-11(18-4)5-6-12(8)13(17)16-14-15-9(2)10(3)19-14/h5-7H,1-4H3,(H,15,16,17). The molecule has 0 aliphatic rings. The third-order valence-electron chi connectivity index (χ3n) is 2.93. The molecule has 0 saturated heterocycles. The van der Waals surface area contributed by atoms with Crippen LogP contribution in [0.15, 0.2) is 18.2 Å². The molecule has 0 aliphatic heterocycles. The Balaban J connectivity index is 2.20. The highest BCUT2D eigenvalue weighted by atomic mass is 32.1. The third kappa shape index (κ3) is 2.93. The van der Waals surface area contributed by atoms with Crippen LogP contribution in [0.25, 0.3) is 0 Å². The van der Waals surface area contributed by atoms with Crippen LogP contribution in [0.1, 0.15) is 26.5 Å². The van der Waals surface area contributed by atoms with Crippen molar-refractivity contribution in [2.45, 2.75) is 20.8 Å². The minimum atomic E-state index is -0.145.